The number of carbonyl (C=O) groups is 1. The van der Waals surface area contributed by atoms with E-state index in [1.807, 2.05) is 0 Å². The highest BCUT2D eigenvalue weighted by atomic mass is 35.5. The summed E-state index contributed by atoms with van der Waals surface area (Å²) < 4.78 is 39.9. The number of pyridine rings is 1. The first-order valence-corrected chi connectivity index (χ1v) is 16.7. The number of fused-ring (bicyclic) bond motifs is 2. The number of methoxy groups -OCH3 is 1. The number of nitrogens with one attached hydrogen (secondary N) is 1. The maximum absolute atomic E-state index is 15.5. The molecule has 1 fully saturated rings. The zero-order valence-corrected chi connectivity index (χ0v) is 28.4. The molecule has 1 N–H and O–H groups in total. The first-order chi connectivity index (χ1) is 24.9. The van der Waals surface area contributed by atoms with E-state index in [4.69, 9.17) is 30.5 Å². The summed E-state index contributed by atoms with van der Waals surface area (Å²) in [6, 6.07) is 22.8. The molecule has 1 amide bonds. The van der Waals surface area contributed by atoms with Crippen LogP contribution in [0.1, 0.15) is 16.9 Å². The molecule has 3 heterocycles. The third-order valence-corrected chi connectivity index (χ3v) is 8.77. The Kier molecular flexibility index (Phi) is 10.1. The van der Waals surface area contributed by atoms with Crippen molar-refractivity contribution < 1.29 is 28.1 Å². The third-order valence-electron chi connectivity index (χ3n) is 8.45. The predicted molar refractivity (Wildman–Crippen MR) is 192 cm³/mol. The van der Waals surface area contributed by atoms with E-state index in [0.29, 0.717) is 56.5 Å². The van der Waals surface area contributed by atoms with Gasteiger partial charge in [-0.05, 0) is 55.0 Å². The van der Waals surface area contributed by atoms with Crippen LogP contribution in [-0.2, 0) is 4.74 Å². The number of morpholine rings is 1. The van der Waals surface area contributed by atoms with Gasteiger partial charge in [-0.1, -0.05) is 35.9 Å². The van der Waals surface area contributed by atoms with E-state index in [1.54, 1.807) is 80.0 Å². The van der Waals surface area contributed by atoms with Crippen molar-refractivity contribution in [1.29, 1.82) is 0 Å². The lowest BCUT2D eigenvalue weighted by Gasteiger charge is -2.26. The maximum Gasteiger partial charge on any atom is 0.287 e. The van der Waals surface area contributed by atoms with Gasteiger partial charge in [0.2, 0.25) is 0 Å². The molecular weight excluding hydrogens is 677 g/mol. The second-order valence-corrected chi connectivity index (χ2v) is 12.1. The van der Waals surface area contributed by atoms with Gasteiger partial charge in [-0.2, -0.15) is 0 Å². The lowest BCUT2D eigenvalue weighted by Crippen LogP contribution is -2.37. The number of rotatable bonds is 11. The Labute approximate surface area is 297 Å². The molecule has 0 spiro atoms. The summed E-state index contributed by atoms with van der Waals surface area (Å²) in [5, 5.41) is 3.50. The fourth-order valence-electron chi connectivity index (χ4n) is 5.91. The van der Waals surface area contributed by atoms with Gasteiger partial charge in [-0.25, -0.2) is 9.37 Å². The lowest BCUT2D eigenvalue weighted by molar-refractivity contribution is 0.0357. The van der Waals surface area contributed by atoms with Crippen molar-refractivity contribution in [2.24, 2.45) is 0 Å². The summed E-state index contributed by atoms with van der Waals surface area (Å²) in [7, 11) is 1.55. The second kappa shape index (κ2) is 15.1. The van der Waals surface area contributed by atoms with Gasteiger partial charge in [0.25, 0.3) is 11.5 Å². The van der Waals surface area contributed by atoms with Gasteiger partial charge in [0.05, 0.1) is 54.2 Å². The Balaban J connectivity index is 1.09. The van der Waals surface area contributed by atoms with Crippen molar-refractivity contribution in [1.82, 2.24) is 19.4 Å². The summed E-state index contributed by atoms with van der Waals surface area (Å²) >= 11 is 6.43. The molecule has 1 aliphatic heterocycles. The first-order valence-electron chi connectivity index (χ1n) is 16.3. The van der Waals surface area contributed by atoms with Crippen molar-refractivity contribution in [2.75, 3.05) is 51.9 Å². The van der Waals surface area contributed by atoms with Gasteiger partial charge in [-0.3, -0.25) is 24.0 Å². The van der Waals surface area contributed by atoms with Crippen LogP contribution in [0.15, 0.2) is 95.9 Å². The molecule has 13 heteroatoms. The van der Waals surface area contributed by atoms with Crippen LogP contribution in [0.25, 0.3) is 27.6 Å². The molecule has 0 saturated carbocycles. The van der Waals surface area contributed by atoms with Crippen LogP contribution in [0, 0.1) is 5.82 Å². The van der Waals surface area contributed by atoms with Crippen LogP contribution in [0.4, 0.5) is 10.1 Å². The van der Waals surface area contributed by atoms with Crippen LogP contribution in [-0.4, -0.2) is 71.9 Å². The van der Waals surface area contributed by atoms with Crippen LogP contribution in [0.3, 0.4) is 0 Å². The summed E-state index contributed by atoms with van der Waals surface area (Å²) in [6.45, 7) is 4.74. The molecule has 51 heavy (non-hydrogen) atoms. The Morgan fingerprint density at radius 2 is 1.75 bits per heavy atom. The minimum atomic E-state index is -0.814. The smallest absolute Gasteiger partial charge is 0.287 e. The number of amides is 1. The Hall–Kier alpha value is -5.56. The fraction of sp³-hybridized carbons (Fsp3) is 0.211. The lowest BCUT2D eigenvalue weighted by atomic mass is 10.1. The number of carbonyl (C=O) groups excluding carboxylic acids is 1. The van der Waals surface area contributed by atoms with Gasteiger partial charge in [0.1, 0.15) is 5.75 Å². The molecular formula is C38H33ClFN5O6. The van der Waals surface area contributed by atoms with E-state index in [-0.39, 0.29) is 17.1 Å². The average Bonchev–Trinajstić information content (AvgIpc) is 3.15. The molecule has 0 radical (unpaired) electrons. The van der Waals surface area contributed by atoms with Crippen molar-refractivity contribution in [3.05, 3.63) is 118 Å². The van der Waals surface area contributed by atoms with Crippen molar-refractivity contribution in [3.63, 3.8) is 0 Å². The van der Waals surface area contributed by atoms with E-state index in [2.05, 4.69) is 20.2 Å². The monoisotopic (exact) mass is 709 g/mol. The zero-order valence-electron chi connectivity index (χ0n) is 27.6. The summed E-state index contributed by atoms with van der Waals surface area (Å²) in [5.74, 6) is -0.277. The highest BCUT2D eigenvalue weighted by Gasteiger charge is 2.21. The number of ether oxygens (including phenoxy) is 4. The number of nitrogens with zero attached hydrogens (tertiary/aromatic N) is 4. The van der Waals surface area contributed by atoms with Gasteiger partial charge in [-0.15, -0.1) is 0 Å². The van der Waals surface area contributed by atoms with E-state index < -0.39 is 17.3 Å². The molecule has 260 valence electrons. The van der Waals surface area contributed by atoms with E-state index >= 15 is 4.39 Å². The summed E-state index contributed by atoms with van der Waals surface area (Å²) in [6.07, 6.45) is 2.40. The SMILES string of the molecule is COc1cc2c(Oc3ccc(NC(=O)c4nc5ccccc5n(-c5ccccc5Cl)c4=O)cc3F)ccnc2cc1OCCCN1CCOCC1. The Morgan fingerprint density at radius 1 is 0.941 bits per heavy atom. The van der Waals surface area contributed by atoms with E-state index in [1.165, 1.54) is 16.7 Å². The highest BCUT2D eigenvalue weighted by molar-refractivity contribution is 6.32. The second-order valence-electron chi connectivity index (χ2n) is 11.7. The number of para-hydroxylation sites is 3. The van der Waals surface area contributed by atoms with Gasteiger partial charge in [0, 0.05) is 49.0 Å². The molecule has 2 aromatic heterocycles. The van der Waals surface area contributed by atoms with Crippen LogP contribution >= 0.6 is 11.6 Å². The largest absolute Gasteiger partial charge is 0.493 e. The first kappa shape index (κ1) is 33.9. The van der Waals surface area contributed by atoms with Gasteiger partial charge in [0.15, 0.2) is 28.8 Å². The number of benzene rings is 4. The van der Waals surface area contributed by atoms with Gasteiger partial charge >= 0.3 is 0 Å². The molecule has 1 saturated heterocycles. The Bertz CT molecular complexity index is 2290. The van der Waals surface area contributed by atoms with Crippen molar-refractivity contribution >= 4 is 45.1 Å². The van der Waals surface area contributed by atoms with Crippen molar-refractivity contribution in [3.8, 4) is 28.7 Å². The number of aromatic nitrogens is 3. The maximum atomic E-state index is 15.5. The molecule has 11 nitrogen and oxygen atoms in total. The number of halogens is 2. The Morgan fingerprint density at radius 3 is 2.55 bits per heavy atom. The molecule has 7 rings (SSSR count). The minimum absolute atomic E-state index is 0.0900. The zero-order chi connectivity index (χ0) is 35.3. The van der Waals surface area contributed by atoms with Crippen LogP contribution in [0.5, 0.6) is 23.0 Å². The van der Waals surface area contributed by atoms with E-state index in [0.717, 1.165) is 45.3 Å². The molecule has 6 aromatic rings. The minimum Gasteiger partial charge on any atom is -0.493 e. The quantitative estimate of drug-likeness (QED) is 0.144. The molecule has 1 aliphatic rings. The molecule has 0 unspecified atom stereocenters. The van der Waals surface area contributed by atoms with Crippen LogP contribution in [0.2, 0.25) is 5.02 Å². The molecule has 0 bridgehead atoms. The molecule has 4 aromatic carbocycles. The van der Waals surface area contributed by atoms with E-state index in [9.17, 15) is 9.59 Å². The highest BCUT2D eigenvalue weighted by Crippen LogP contribution is 2.38. The normalized spacial score (nSPS) is 13.3. The standard InChI is InChI=1S/C38H33ClFN5O6/c1-48-34-22-25-29(23-35(34)50-18-6-15-44-16-19-49-20-17-44)41-14-13-32(25)51-33-12-11-24(21-27(33)40)42-37(46)36-38(47)45(30-9-4-2-7-26(30)39)31-10-5-3-8-28(31)43-36/h2-5,7-14,21-23H,6,15-20H2,1H3,(H,42,46). The number of hydrogen-bond donors (Lipinski definition) is 1. The summed E-state index contributed by atoms with van der Waals surface area (Å²) in [5.41, 5.74) is 0.887. The van der Waals surface area contributed by atoms with Gasteiger partial charge < -0.3 is 24.3 Å². The fourth-order valence-corrected chi connectivity index (χ4v) is 6.13. The third kappa shape index (κ3) is 7.34. The average molecular weight is 710 g/mol. The van der Waals surface area contributed by atoms with Crippen LogP contribution < -0.4 is 25.1 Å². The molecule has 0 atom stereocenters. The number of hydrogen-bond acceptors (Lipinski definition) is 9. The number of anilines is 1. The predicted octanol–water partition coefficient (Wildman–Crippen LogP) is 6.88. The summed E-state index contributed by atoms with van der Waals surface area (Å²) in [4.78, 5) is 38.2. The molecule has 0 aliphatic carbocycles. The topological polar surface area (TPSA) is 117 Å². The van der Waals surface area contributed by atoms with Crippen molar-refractivity contribution in [2.45, 2.75) is 6.42 Å².